The van der Waals surface area contributed by atoms with E-state index in [-0.39, 0.29) is 20.2 Å². The summed E-state index contributed by atoms with van der Waals surface area (Å²) in [6, 6.07) is 5.71. The molecule has 0 radical (unpaired) electrons. The third-order valence-electron chi connectivity index (χ3n) is 3.21. The monoisotopic (exact) mass is 446 g/mol. The maximum atomic E-state index is 13.1. The van der Waals surface area contributed by atoms with Crippen LogP contribution in [0.4, 0.5) is 26.3 Å². The van der Waals surface area contributed by atoms with Crippen molar-refractivity contribution < 1.29 is 26.3 Å². The summed E-state index contributed by atoms with van der Waals surface area (Å²) in [5.74, 6) is 0. The Bertz CT molecular complexity index is 875. The number of hydrogen-bond donors (Lipinski definition) is 0. The summed E-state index contributed by atoms with van der Waals surface area (Å²) in [7, 11) is 0. The Kier molecular flexibility index (Phi) is 3.59. The summed E-state index contributed by atoms with van der Waals surface area (Å²) < 4.78 is 78.6. The van der Waals surface area contributed by atoms with Crippen LogP contribution >= 0.6 is 33.9 Å². The van der Waals surface area contributed by atoms with Crippen molar-refractivity contribution in [3.8, 4) is 0 Å². The highest BCUT2D eigenvalue weighted by molar-refractivity contribution is 14.1. The molecular formula is C14H5F6IS. The van der Waals surface area contributed by atoms with Crippen LogP contribution in [0.2, 0.25) is 0 Å². The molecule has 0 atom stereocenters. The first-order chi connectivity index (χ1) is 10.1. The number of halogens is 7. The number of rotatable bonds is 0. The minimum absolute atomic E-state index is 0.161. The van der Waals surface area contributed by atoms with E-state index < -0.39 is 23.5 Å². The average Bonchev–Trinajstić information content (AvgIpc) is 2.75. The van der Waals surface area contributed by atoms with Crippen molar-refractivity contribution in [3.05, 3.63) is 45.0 Å². The van der Waals surface area contributed by atoms with Crippen molar-refractivity contribution in [2.75, 3.05) is 0 Å². The summed E-state index contributed by atoms with van der Waals surface area (Å²) >= 11 is 2.38. The topological polar surface area (TPSA) is 0 Å². The lowest BCUT2D eigenvalue weighted by Crippen LogP contribution is -2.04. The Morgan fingerprint density at radius 2 is 1.36 bits per heavy atom. The molecule has 0 nitrogen and oxygen atoms in total. The second kappa shape index (κ2) is 4.98. The molecule has 1 aromatic heterocycles. The molecule has 3 rings (SSSR count). The molecule has 22 heavy (non-hydrogen) atoms. The Hall–Kier alpha value is -1.03. The van der Waals surface area contributed by atoms with Crippen molar-refractivity contribution in [1.29, 1.82) is 0 Å². The van der Waals surface area contributed by atoms with E-state index >= 15 is 0 Å². The number of hydrogen-bond acceptors (Lipinski definition) is 1. The van der Waals surface area contributed by atoms with Gasteiger partial charge in [0.1, 0.15) is 0 Å². The molecule has 0 saturated carbocycles. The molecule has 0 N–H and O–H groups in total. The Labute approximate surface area is 137 Å². The van der Waals surface area contributed by atoms with Gasteiger partial charge in [0.05, 0.1) is 11.1 Å². The van der Waals surface area contributed by atoms with Gasteiger partial charge in [0.15, 0.2) is 0 Å². The lowest BCUT2D eigenvalue weighted by atomic mass is 10.1. The van der Waals surface area contributed by atoms with Gasteiger partial charge in [-0.15, -0.1) is 11.3 Å². The fourth-order valence-corrected chi connectivity index (χ4v) is 4.62. The summed E-state index contributed by atoms with van der Waals surface area (Å²) in [6.45, 7) is 0. The highest BCUT2D eigenvalue weighted by Crippen LogP contribution is 2.47. The lowest BCUT2D eigenvalue weighted by molar-refractivity contribution is -0.136. The third-order valence-corrected chi connectivity index (χ3v) is 5.38. The first-order valence-electron chi connectivity index (χ1n) is 5.89. The molecule has 3 aromatic rings. The van der Waals surface area contributed by atoms with Crippen LogP contribution in [0.5, 0.6) is 0 Å². The summed E-state index contributed by atoms with van der Waals surface area (Å²) in [6.07, 6.45) is -9.22. The number of fused-ring (bicyclic) bond motifs is 3. The van der Waals surface area contributed by atoms with Gasteiger partial charge in [0, 0.05) is 23.7 Å². The van der Waals surface area contributed by atoms with Gasteiger partial charge in [-0.05, 0) is 40.8 Å². The molecule has 1 heterocycles. The third kappa shape index (κ3) is 2.45. The van der Waals surface area contributed by atoms with Gasteiger partial charge in [0.2, 0.25) is 0 Å². The SMILES string of the molecule is FC(F)(F)c1cccc2c1sc1c(C(F)(F)F)ccc(I)c12. The predicted octanol–water partition coefficient (Wildman–Crippen LogP) is 6.70. The van der Waals surface area contributed by atoms with Crippen LogP contribution in [0.25, 0.3) is 20.2 Å². The summed E-state index contributed by atoms with van der Waals surface area (Å²) in [5.41, 5.74) is -1.81. The maximum absolute atomic E-state index is 13.1. The minimum Gasteiger partial charge on any atom is -0.166 e. The lowest BCUT2D eigenvalue weighted by Gasteiger charge is -2.08. The fourth-order valence-electron chi connectivity index (χ4n) is 2.31. The van der Waals surface area contributed by atoms with Crippen molar-refractivity contribution >= 4 is 54.1 Å². The zero-order valence-electron chi connectivity index (χ0n) is 10.4. The van der Waals surface area contributed by atoms with Gasteiger partial charge in [-0.25, -0.2) is 0 Å². The van der Waals surface area contributed by atoms with E-state index in [0.717, 1.165) is 12.1 Å². The molecule has 0 amide bonds. The van der Waals surface area contributed by atoms with Crippen LogP contribution < -0.4 is 0 Å². The van der Waals surface area contributed by atoms with Crippen molar-refractivity contribution in [2.24, 2.45) is 0 Å². The number of thiophene rings is 1. The Morgan fingerprint density at radius 1 is 0.773 bits per heavy atom. The summed E-state index contributed by atoms with van der Waals surface area (Å²) in [5, 5.41) is 0.423. The second-order valence-corrected chi connectivity index (χ2v) is 6.76. The quantitative estimate of drug-likeness (QED) is 0.267. The van der Waals surface area contributed by atoms with Crippen LogP contribution in [-0.2, 0) is 12.4 Å². The van der Waals surface area contributed by atoms with Gasteiger partial charge in [-0.3, -0.25) is 0 Å². The highest BCUT2D eigenvalue weighted by atomic mass is 127. The van der Waals surface area contributed by atoms with Crippen LogP contribution in [0.1, 0.15) is 11.1 Å². The van der Waals surface area contributed by atoms with E-state index in [1.807, 2.05) is 22.6 Å². The van der Waals surface area contributed by atoms with Crippen molar-refractivity contribution in [2.45, 2.75) is 12.4 Å². The van der Waals surface area contributed by atoms with E-state index in [1.54, 1.807) is 0 Å². The molecule has 0 saturated heterocycles. The van der Waals surface area contributed by atoms with Crippen LogP contribution in [0.3, 0.4) is 0 Å². The van der Waals surface area contributed by atoms with Gasteiger partial charge < -0.3 is 0 Å². The fraction of sp³-hybridized carbons (Fsp3) is 0.143. The normalized spacial score (nSPS) is 13.2. The van der Waals surface area contributed by atoms with Crippen LogP contribution in [-0.4, -0.2) is 0 Å². The predicted molar refractivity (Wildman–Crippen MR) is 82.1 cm³/mol. The first kappa shape index (κ1) is 15.9. The highest BCUT2D eigenvalue weighted by Gasteiger charge is 2.37. The molecule has 2 aromatic carbocycles. The molecule has 0 aliphatic rings. The van der Waals surface area contributed by atoms with E-state index in [1.165, 1.54) is 18.2 Å². The van der Waals surface area contributed by atoms with Gasteiger partial charge in [-0.2, -0.15) is 26.3 Å². The minimum atomic E-state index is -4.61. The van der Waals surface area contributed by atoms with E-state index in [0.29, 0.717) is 14.9 Å². The Balaban J connectivity index is 2.52. The van der Waals surface area contributed by atoms with Crippen molar-refractivity contribution in [1.82, 2.24) is 0 Å². The standard InChI is InChI=1S/C14H5F6IS/c15-13(16,17)7-3-1-2-6-10-9(21)5-4-8(14(18,19)20)12(10)22-11(6)7/h1-5H. The molecule has 0 unspecified atom stereocenters. The van der Waals surface area contributed by atoms with Crippen LogP contribution in [0.15, 0.2) is 30.3 Å². The molecule has 116 valence electrons. The van der Waals surface area contributed by atoms with Gasteiger partial charge >= 0.3 is 12.4 Å². The number of benzene rings is 2. The molecule has 0 bridgehead atoms. The number of alkyl halides is 6. The van der Waals surface area contributed by atoms with Gasteiger partial charge in [-0.1, -0.05) is 12.1 Å². The van der Waals surface area contributed by atoms with E-state index in [9.17, 15) is 26.3 Å². The molecule has 8 heteroatoms. The summed E-state index contributed by atoms with van der Waals surface area (Å²) in [4.78, 5) is 0. The zero-order chi connectivity index (χ0) is 16.3. The van der Waals surface area contributed by atoms with E-state index in [4.69, 9.17) is 0 Å². The second-order valence-electron chi connectivity index (χ2n) is 4.58. The molecule has 0 aliphatic carbocycles. The van der Waals surface area contributed by atoms with Crippen molar-refractivity contribution in [3.63, 3.8) is 0 Å². The largest absolute Gasteiger partial charge is 0.417 e. The average molecular weight is 446 g/mol. The van der Waals surface area contributed by atoms with Gasteiger partial charge in [0.25, 0.3) is 0 Å². The maximum Gasteiger partial charge on any atom is 0.417 e. The molecule has 0 fully saturated rings. The first-order valence-corrected chi connectivity index (χ1v) is 7.78. The molecular weight excluding hydrogens is 441 g/mol. The molecule has 0 spiro atoms. The van der Waals surface area contributed by atoms with E-state index in [2.05, 4.69) is 0 Å². The van der Waals surface area contributed by atoms with Crippen LogP contribution in [0, 0.1) is 3.57 Å². The zero-order valence-corrected chi connectivity index (χ0v) is 13.4. The smallest absolute Gasteiger partial charge is 0.166 e. The Morgan fingerprint density at radius 3 is 1.95 bits per heavy atom. The molecule has 0 aliphatic heterocycles.